The molecule has 0 aliphatic carbocycles. The molecule has 30 heavy (non-hydrogen) atoms. The van der Waals surface area contributed by atoms with Gasteiger partial charge in [-0.25, -0.2) is 0 Å². The van der Waals surface area contributed by atoms with Gasteiger partial charge in [0.15, 0.2) is 0 Å². The van der Waals surface area contributed by atoms with E-state index in [4.69, 9.17) is 0 Å². The first-order chi connectivity index (χ1) is 14.3. The summed E-state index contributed by atoms with van der Waals surface area (Å²) in [5.41, 5.74) is 4.49. The number of nitrogens with zero attached hydrogens (tertiary/aromatic N) is 1. The van der Waals surface area contributed by atoms with Gasteiger partial charge in [0.25, 0.3) is 0 Å². The third-order valence-electron chi connectivity index (χ3n) is 5.51. The summed E-state index contributed by atoms with van der Waals surface area (Å²) in [6, 6.07) is 29.1. The highest BCUT2D eigenvalue weighted by atomic mass is 16.4. The number of rotatable bonds is 8. The fourth-order valence-electron chi connectivity index (χ4n) is 3.96. The van der Waals surface area contributed by atoms with Crippen LogP contribution in [0.3, 0.4) is 0 Å². The molecule has 3 aromatic rings. The maximum atomic E-state index is 11.7. The molecule has 1 unspecified atom stereocenters. The number of para-hydroxylation sites is 1. The van der Waals surface area contributed by atoms with Gasteiger partial charge in [-0.15, -0.1) is 0 Å². The second-order valence-electron chi connectivity index (χ2n) is 8.90. The van der Waals surface area contributed by atoms with Crippen molar-refractivity contribution in [1.29, 1.82) is 0 Å². The predicted molar refractivity (Wildman–Crippen MR) is 124 cm³/mol. The van der Waals surface area contributed by atoms with E-state index in [1.807, 2.05) is 24.3 Å². The van der Waals surface area contributed by atoms with Crippen LogP contribution in [0.5, 0.6) is 0 Å². The zero-order valence-electron chi connectivity index (χ0n) is 18.1. The molecule has 0 aromatic heterocycles. The lowest BCUT2D eigenvalue weighted by Crippen LogP contribution is -2.27. The average molecular weight is 402 g/mol. The van der Waals surface area contributed by atoms with Gasteiger partial charge in [0.2, 0.25) is 0 Å². The van der Waals surface area contributed by atoms with Gasteiger partial charge in [0.1, 0.15) is 0 Å². The normalized spacial score (nSPS) is 12.4. The van der Waals surface area contributed by atoms with E-state index in [1.165, 1.54) is 11.1 Å². The molecule has 0 saturated carbocycles. The van der Waals surface area contributed by atoms with Crippen molar-refractivity contribution in [1.82, 2.24) is 0 Å². The number of benzene rings is 3. The van der Waals surface area contributed by atoms with E-state index in [9.17, 15) is 9.90 Å². The van der Waals surface area contributed by atoms with Gasteiger partial charge in [-0.3, -0.25) is 4.79 Å². The SMILES string of the molecule is CC(C)(C)C(CC(=O)O)c1ccccc1N(Cc1ccccc1)Cc1ccccc1. The number of carbonyl (C=O) groups is 1. The molecule has 0 saturated heterocycles. The molecule has 1 atom stereocenters. The molecular weight excluding hydrogens is 370 g/mol. The van der Waals surface area contributed by atoms with Crippen LogP contribution in [0.15, 0.2) is 84.9 Å². The topological polar surface area (TPSA) is 40.5 Å². The van der Waals surface area contributed by atoms with Crippen molar-refractivity contribution in [2.24, 2.45) is 5.41 Å². The van der Waals surface area contributed by atoms with Crippen LogP contribution in [0.1, 0.15) is 49.8 Å². The van der Waals surface area contributed by atoms with Crippen LogP contribution in [-0.2, 0) is 17.9 Å². The maximum Gasteiger partial charge on any atom is 0.303 e. The van der Waals surface area contributed by atoms with Crippen LogP contribution in [-0.4, -0.2) is 11.1 Å². The fraction of sp³-hybridized carbons (Fsp3) is 0.296. The molecule has 0 radical (unpaired) electrons. The first-order valence-electron chi connectivity index (χ1n) is 10.5. The van der Waals surface area contributed by atoms with E-state index in [0.717, 1.165) is 24.3 Å². The number of carboxylic acid groups (broad SMARTS) is 1. The second-order valence-corrected chi connectivity index (χ2v) is 8.90. The first kappa shape index (κ1) is 21.6. The highest BCUT2D eigenvalue weighted by Crippen LogP contribution is 2.42. The predicted octanol–water partition coefficient (Wildman–Crippen LogP) is 6.50. The molecule has 0 spiro atoms. The third kappa shape index (κ3) is 5.73. The minimum Gasteiger partial charge on any atom is -0.481 e. The van der Waals surface area contributed by atoms with Crippen LogP contribution < -0.4 is 4.90 Å². The molecule has 0 aliphatic rings. The third-order valence-corrected chi connectivity index (χ3v) is 5.51. The van der Waals surface area contributed by atoms with Crippen LogP contribution in [0.2, 0.25) is 0 Å². The molecule has 0 heterocycles. The molecule has 0 bridgehead atoms. The minimum atomic E-state index is -0.762. The lowest BCUT2D eigenvalue weighted by Gasteiger charge is -2.35. The van der Waals surface area contributed by atoms with Gasteiger partial charge in [0.05, 0.1) is 6.42 Å². The van der Waals surface area contributed by atoms with Gasteiger partial charge in [0, 0.05) is 24.7 Å². The van der Waals surface area contributed by atoms with Crippen molar-refractivity contribution < 1.29 is 9.90 Å². The lowest BCUT2D eigenvalue weighted by atomic mass is 9.74. The lowest BCUT2D eigenvalue weighted by molar-refractivity contribution is -0.138. The summed E-state index contributed by atoms with van der Waals surface area (Å²) in [4.78, 5) is 14.0. The second kappa shape index (κ2) is 9.62. The smallest absolute Gasteiger partial charge is 0.303 e. The number of hydrogen-bond donors (Lipinski definition) is 1. The van der Waals surface area contributed by atoms with Crippen molar-refractivity contribution in [3.8, 4) is 0 Å². The summed E-state index contributed by atoms with van der Waals surface area (Å²) < 4.78 is 0. The van der Waals surface area contributed by atoms with Gasteiger partial charge >= 0.3 is 5.97 Å². The van der Waals surface area contributed by atoms with Crippen molar-refractivity contribution in [3.63, 3.8) is 0 Å². The molecule has 3 rings (SSSR count). The summed E-state index contributed by atoms with van der Waals surface area (Å²) in [7, 11) is 0. The summed E-state index contributed by atoms with van der Waals surface area (Å²) in [5.74, 6) is -0.845. The van der Waals surface area contributed by atoms with Crippen molar-refractivity contribution in [2.45, 2.75) is 46.2 Å². The zero-order valence-corrected chi connectivity index (χ0v) is 18.1. The van der Waals surface area contributed by atoms with Crippen molar-refractivity contribution in [2.75, 3.05) is 4.90 Å². The number of aliphatic carboxylic acids is 1. The van der Waals surface area contributed by atoms with Gasteiger partial charge in [-0.1, -0.05) is 99.6 Å². The Hall–Kier alpha value is -3.07. The Bertz CT molecular complexity index is 904. The molecule has 0 fully saturated rings. The number of carboxylic acids is 1. The van der Waals surface area contributed by atoms with E-state index in [0.29, 0.717) is 0 Å². The van der Waals surface area contributed by atoms with Crippen molar-refractivity contribution >= 4 is 11.7 Å². The Morgan fingerprint density at radius 1 is 0.800 bits per heavy atom. The molecule has 3 heteroatoms. The summed E-state index contributed by atoms with van der Waals surface area (Å²) in [6.45, 7) is 7.88. The Morgan fingerprint density at radius 2 is 1.27 bits per heavy atom. The average Bonchev–Trinajstić information content (AvgIpc) is 2.72. The van der Waals surface area contributed by atoms with Crippen LogP contribution in [0.25, 0.3) is 0 Å². The fourth-order valence-corrected chi connectivity index (χ4v) is 3.96. The molecule has 3 aromatic carbocycles. The van der Waals surface area contributed by atoms with E-state index in [2.05, 4.69) is 86.3 Å². The highest BCUT2D eigenvalue weighted by molar-refractivity contribution is 5.69. The van der Waals surface area contributed by atoms with Gasteiger partial charge in [-0.2, -0.15) is 0 Å². The quantitative estimate of drug-likeness (QED) is 0.468. The van der Waals surface area contributed by atoms with E-state index >= 15 is 0 Å². The highest BCUT2D eigenvalue weighted by Gasteiger charge is 2.31. The molecule has 1 N–H and O–H groups in total. The Balaban J connectivity index is 2.05. The van der Waals surface area contributed by atoms with Gasteiger partial charge < -0.3 is 10.0 Å². The Morgan fingerprint density at radius 3 is 1.73 bits per heavy atom. The number of anilines is 1. The van der Waals surface area contributed by atoms with Crippen LogP contribution >= 0.6 is 0 Å². The zero-order chi connectivity index (χ0) is 21.6. The first-order valence-corrected chi connectivity index (χ1v) is 10.5. The largest absolute Gasteiger partial charge is 0.481 e. The van der Waals surface area contributed by atoms with Crippen molar-refractivity contribution in [3.05, 3.63) is 102 Å². The number of hydrogen-bond acceptors (Lipinski definition) is 2. The minimum absolute atomic E-state index is 0.0831. The standard InChI is InChI=1S/C27H31NO2/c1-27(2,3)24(18-26(29)30)23-16-10-11-17-25(23)28(19-21-12-6-4-7-13-21)20-22-14-8-5-9-15-22/h4-17,24H,18-20H2,1-3H3,(H,29,30). The monoisotopic (exact) mass is 401 g/mol. The molecule has 0 aliphatic heterocycles. The van der Waals surface area contributed by atoms with Crippen LogP contribution in [0, 0.1) is 5.41 Å². The summed E-state index contributed by atoms with van der Waals surface area (Å²) in [6.07, 6.45) is 0.116. The van der Waals surface area contributed by atoms with E-state index < -0.39 is 5.97 Å². The maximum absolute atomic E-state index is 11.7. The summed E-state index contributed by atoms with van der Waals surface area (Å²) >= 11 is 0. The van der Waals surface area contributed by atoms with Crippen LogP contribution in [0.4, 0.5) is 5.69 Å². The molecule has 0 amide bonds. The molecular formula is C27H31NO2. The van der Waals surface area contributed by atoms with E-state index in [1.54, 1.807) is 0 Å². The molecule has 3 nitrogen and oxygen atoms in total. The van der Waals surface area contributed by atoms with E-state index in [-0.39, 0.29) is 17.8 Å². The Kier molecular flexibility index (Phi) is 6.94. The van der Waals surface area contributed by atoms with Gasteiger partial charge in [-0.05, 0) is 28.2 Å². The Labute approximate surface area is 180 Å². The molecule has 156 valence electrons. The summed E-state index contributed by atoms with van der Waals surface area (Å²) in [5, 5.41) is 9.59.